The Morgan fingerprint density at radius 2 is 2.40 bits per heavy atom. The molecular formula is C10H15NO4. The van der Waals surface area contributed by atoms with Crippen LogP contribution in [0.1, 0.15) is 23.2 Å². The number of hydrogen-bond donors (Lipinski definition) is 2. The van der Waals surface area contributed by atoms with Crippen LogP contribution >= 0.6 is 0 Å². The lowest BCUT2D eigenvalue weighted by atomic mass is 10.4. The number of hydrogen-bond acceptors (Lipinski definition) is 4. The molecule has 0 amide bonds. The molecule has 1 heterocycles. The highest BCUT2D eigenvalue weighted by atomic mass is 16.5. The average Bonchev–Trinajstić information content (AvgIpc) is 2.66. The quantitative estimate of drug-likeness (QED) is 0.664. The van der Waals surface area contributed by atoms with Crippen molar-refractivity contribution in [3.05, 3.63) is 23.7 Å². The molecule has 0 bridgehead atoms. The zero-order valence-corrected chi connectivity index (χ0v) is 8.66. The first-order chi connectivity index (χ1) is 7.24. The molecule has 0 aliphatic rings. The Bertz CT molecular complexity index is 308. The third kappa shape index (κ3) is 4.14. The largest absolute Gasteiger partial charge is 0.475 e. The van der Waals surface area contributed by atoms with Crippen molar-refractivity contribution in [2.24, 2.45) is 0 Å². The Hall–Kier alpha value is -1.33. The van der Waals surface area contributed by atoms with Gasteiger partial charge in [0.25, 0.3) is 0 Å². The van der Waals surface area contributed by atoms with Crippen molar-refractivity contribution in [1.82, 2.24) is 5.32 Å². The number of aromatic carboxylic acids is 1. The SMILES string of the molecule is CCNCCOCc1ccc(C(=O)O)o1. The second-order valence-corrected chi connectivity index (χ2v) is 2.98. The van der Waals surface area contributed by atoms with Crippen molar-refractivity contribution in [3.8, 4) is 0 Å². The molecular weight excluding hydrogens is 198 g/mol. The molecule has 15 heavy (non-hydrogen) atoms. The lowest BCUT2D eigenvalue weighted by Crippen LogP contribution is -2.18. The van der Waals surface area contributed by atoms with Gasteiger partial charge in [-0.1, -0.05) is 6.92 Å². The highest BCUT2D eigenvalue weighted by molar-refractivity contribution is 5.84. The molecule has 5 nitrogen and oxygen atoms in total. The maximum Gasteiger partial charge on any atom is 0.371 e. The molecule has 1 aromatic rings. The van der Waals surface area contributed by atoms with Crippen LogP contribution in [-0.2, 0) is 11.3 Å². The van der Waals surface area contributed by atoms with Gasteiger partial charge in [-0.25, -0.2) is 4.79 Å². The van der Waals surface area contributed by atoms with E-state index in [4.69, 9.17) is 14.3 Å². The molecule has 0 aliphatic heterocycles. The molecule has 0 unspecified atom stereocenters. The maximum absolute atomic E-state index is 10.5. The van der Waals surface area contributed by atoms with Crippen LogP contribution in [-0.4, -0.2) is 30.8 Å². The van der Waals surface area contributed by atoms with Crippen LogP contribution in [0.5, 0.6) is 0 Å². The Morgan fingerprint density at radius 3 is 3.00 bits per heavy atom. The van der Waals surface area contributed by atoms with E-state index in [2.05, 4.69) is 5.32 Å². The highest BCUT2D eigenvalue weighted by Gasteiger charge is 2.08. The molecule has 0 atom stereocenters. The minimum absolute atomic E-state index is 0.0553. The number of carbonyl (C=O) groups is 1. The number of carboxylic acids is 1. The third-order valence-corrected chi connectivity index (χ3v) is 1.79. The molecule has 2 N–H and O–H groups in total. The summed E-state index contributed by atoms with van der Waals surface area (Å²) in [6.07, 6.45) is 0. The van der Waals surface area contributed by atoms with Gasteiger partial charge in [-0.2, -0.15) is 0 Å². The maximum atomic E-state index is 10.5. The second-order valence-electron chi connectivity index (χ2n) is 2.98. The molecule has 0 radical (unpaired) electrons. The first-order valence-corrected chi connectivity index (χ1v) is 4.84. The van der Waals surface area contributed by atoms with E-state index in [1.807, 2.05) is 6.92 Å². The van der Waals surface area contributed by atoms with Crippen molar-refractivity contribution in [3.63, 3.8) is 0 Å². The van der Waals surface area contributed by atoms with E-state index in [-0.39, 0.29) is 5.76 Å². The minimum Gasteiger partial charge on any atom is -0.475 e. The third-order valence-electron chi connectivity index (χ3n) is 1.79. The molecule has 0 aromatic carbocycles. The number of nitrogens with one attached hydrogen (secondary N) is 1. The summed E-state index contributed by atoms with van der Waals surface area (Å²) < 4.78 is 10.3. The monoisotopic (exact) mass is 213 g/mol. The van der Waals surface area contributed by atoms with Gasteiger partial charge < -0.3 is 19.6 Å². The van der Waals surface area contributed by atoms with Crippen LogP contribution in [0, 0.1) is 0 Å². The predicted octanol–water partition coefficient (Wildman–Crippen LogP) is 1.10. The van der Waals surface area contributed by atoms with E-state index in [1.165, 1.54) is 6.07 Å². The summed E-state index contributed by atoms with van der Waals surface area (Å²) in [7, 11) is 0. The van der Waals surface area contributed by atoms with Gasteiger partial charge in [0, 0.05) is 6.54 Å². The van der Waals surface area contributed by atoms with Crippen molar-refractivity contribution in [2.45, 2.75) is 13.5 Å². The fourth-order valence-electron chi connectivity index (χ4n) is 1.06. The van der Waals surface area contributed by atoms with Gasteiger partial charge in [0.15, 0.2) is 0 Å². The summed E-state index contributed by atoms with van der Waals surface area (Å²) in [4.78, 5) is 10.5. The van der Waals surface area contributed by atoms with E-state index < -0.39 is 5.97 Å². The predicted molar refractivity (Wildman–Crippen MR) is 53.9 cm³/mol. The Morgan fingerprint density at radius 1 is 1.60 bits per heavy atom. The fraction of sp³-hybridized carbons (Fsp3) is 0.500. The first kappa shape index (κ1) is 11.7. The molecule has 0 aliphatic carbocycles. The van der Waals surface area contributed by atoms with Gasteiger partial charge in [0.05, 0.1) is 6.61 Å². The minimum atomic E-state index is -1.06. The van der Waals surface area contributed by atoms with E-state index in [0.717, 1.165) is 13.1 Å². The first-order valence-electron chi connectivity index (χ1n) is 4.84. The summed E-state index contributed by atoms with van der Waals surface area (Å²) >= 11 is 0. The van der Waals surface area contributed by atoms with E-state index >= 15 is 0 Å². The summed E-state index contributed by atoms with van der Waals surface area (Å²) in [6, 6.07) is 3.03. The van der Waals surface area contributed by atoms with E-state index in [1.54, 1.807) is 6.07 Å². The zero-order chi connectivity index (χ0) is 11.1. The van der Waals surface area contributed by atoms with Crippen LogP contribution in [0.2, 0.25) is 0 Å². The van der Waals surface area contributed by atoms with Gasteiger partial charge in [0.2, 0.25) is 5.76 Å². The lowest BCUT2D eigenvalue weighted by molar-refractivity contribution is 0.0648. The normalized spacial score (nSPS) is 10.5. The summed E-state index contributed by atoms with van der Waals surface area (Å²) in [5, 5.41) is 11.7. The number of rotatable bonds is 7. The van der Waals surface area contributed by atoms with Gasteiger partial charge >= 0.3 is 5.97 Å². The molecule has 0 saturated heterocycles. The summed E-state index contributed by atoms with van der Waals surface area (Å²) in [6.45, 7) is 4.59. The number of carboxylic acid groups (broad SMARTS) is 1. The smallest absolute Gasteiger partial charge is 0.371 e. The highest BCUT2D eigenvalue weighted by Crippen LogP contribution is 2.08. The van der Waals surface area contributed by atoms with Crippen molar-refractivity contribution in [2.75, 3.05) is 19.7 Å². The van der Waals surface area contributed by atoms with Crippen LogP contribution in [0.3, 0.4) is 0 Å². The second kappa shape index (κ2) is 6.21. The lowest BCUT2D eigenvalue weighted by Gasteiger charge is -2.02. The fourth-order valence-corrected chi connectivity index (χ4v) is 1.06. The molecule has 0 saturated carbocycles. The van der Waals surface area contributed by atoms with Crippen molar-refractivity contribution in [1.29, 1.82) is 0 Å². The van der Waals surface area contributed by atoms with Gasteiger partial charge in [-0.3, -0.25) is 0 Å². The van der Waals surface area contributed by atoms with Gasteiger partial charge in [-0.15, -0.1) is 0 Å². The van der Waals surface area contributed by atoms with Crippen LogP contribution in [0.25, 0.3) is 0 Å². The van der Waals surface area contributed by atoms with Crippen LogP contribution < -0.4 is 5.32 Å². The number of furan rings is 1. The topological polar surface area (TPSA) is 71.7 Å². The Kier molecular flexibility index (Phi) is 4.86. The van der Waals surface area contributed by atoms with Crippen LogP contribution in [0.15, 0.2) is 16.5 Å². The molecule has 1 aromatic heterocycles. The number of likely N-dealkylation sites (N-methyl/N-ethyl adjacent to an activating group) is 1. The molecule has 0 spiro atoms. The Balaban J connectivity index is 2.23. The van der Waals surface area contributed by atoms with Gasteiger partial charge in [-0.05, 0) is 18.7 Å². The van der Waals surface area contributed by atoms with E-state index in [0.29, 0.717) is 19.0 Å². The molecule has 1 rings (SSSR count). The van der Waals surface area contributed by atoms with Crippen molar-refractivity contribution >= 4 is 5.97 Å². The standard InChI is InChI=1S/C10H15NO4/c1-2-11-5-6-14-7-8-3-4-9(15-8)10(12)13/h3-4,11H,2,5-7H2,1H3,(H,12,13). The molecule has 0 fully saturated rings. The van der Waals surface area contributed by atoms with Crippen LogP contribution in [0.4, 0.5) is 0 Å². The zero-order valence-electron chi connectivity index (χ0n) is 8.66. The summed E-state index contributed by atoms with van der Waals surface area (Å²) in [5.41, 5.74) is 0. The molecule has 5 heteroatoms. The van der Waals surface area contributed by atoms with E-state index in [9.17, 15) is 4.79 Å². The summed E-state index contributed by atoms with van der Waals surface area (Å²) in [5.74, 6) is -0.585. The number of ether oxygens (including phenoxy) is 1. The average molecular weight is 213 g/mol. The van der Waals surface area contributed by atoms with Crippen molar-refractivity contribution < 1.29 is 19.1 Å². The molecule has 84 valence electrons. The van der Waals surface area contributed by atoms with Gasteiger partial charge in [0.1, 0.15) is 12.4 Å². The Labute approximate surface area is 88.0 Å².